The number of hydrogen-bond donors (Lipinski definition) is 1. The number of rotatable bonds is 5. The molecule has 2 aromatic carbocycles. The maximum Gasteiger partial charge on any atom is 0.253 e. The molecule has 148 valence electrons. The van der Waals surface area contributed by atoms with Gasteiger partial charge in [0.2, 0.25) is 5.91 Å². The van der Waals surface area contributed by atoms with E-state index in [1.807, 2.05) is 13.8 Å². The Morgan fingerprint density at radius 1 is 1.07 bits per heavy atom. The molecule has 5 nitrogen and oxygen atoms in total. The summed E-state index contributed by atoms with van der Waals surface area (Å²) in [5.41, 5.74) is 1.40. The third kappa shape index (κ3) is 4.32. The smallest absolute Gasteiger partial charge is 0.253 e. The van der Waals surface area contributed by atoms with Gasteiger partial charge in [0.25, 0.3) is 5.91 Å². The molecule has 0 radical (unpaired) electrons. The van der Waals surface area contributed by atoms with Crippen molar-refractivity contribution in [2.75, 3.05) is 20.2 Å². The first-order valence-corrected chi connectivity index (χ1v) is 9.38. The fourth-order valence-corrected chi connectivity index (χ4v) is 3.59. The third-order valence-electron chi connectivity index (χ3n) is 5.01. The number of likely N-dealkylation sites (tertiary alicyclic amines) is 1. The van der Waals surface area contributed by atoms with E-state index in [1.165, 1.54) is 12.1 Å². The van der Waals surface area contributed by atoms with Crippen LogP contribution in [0.3, 0.4) is 0 Å². The molecule has 2 aromatic rings. The minimum atomic E-state index is -0.380. The molecule has 1 fully saturated rings. The van der Waals surface area contributed by atoms with Crippen molar-refractivity contribution in [1.29, 1.82) is 0 Å². The summed E-state index contributed by atoms with van der Waals surface area (Å²) in [6.45, 7) is 4.54. The molecule has 0 aliphatic carbocycles. The molecule has 0 saturated carbocycles. The zero-order chi connectivity index (χ0) is 20.3. The second-order valence-electron chi connectivity index (χ2n) is 7.37. The monoisotopic (exact) mass is 384 g/mol. The van der Waals surface area contributed by atoms with Crippen LogP contribution in [0.1, 0.15) is 35.7 Å². The van der Waals surface area contributed by atoms with Gasteiger partial charge in [-0.05, 0) is 55.8 Å². The van der Waals surface area contributed by atoms with Crippen molar-refractivity contribution >= 4 is 11.8 Å². The normalized spacial score (nSPS) is 19.0. The lowest BCUT2D eigenvalue weighted by atomic mass is 9.88. The lowest BCUT2D eigenvalue weighted by molar-refractivity contribution is -0.125. The van der Waals surface area contributed by atoms with Gasteiger partial charge in [-0.2, -0.15) is 0 Å². The van der Waals surface area contributed by atoms with Crippen molar-refractivity contribution in [3.63, 3.8) is 0 Å². The lowest BCUT2D eigenvalue weighted by Crippen LogP contribution is -2.39. The van der Waals surface area contributed by atoms with Crippen LogP contribution in [0.25, 0.3) is 0 Å². The van der Waals surface area contributed by atoms with Crippen LogP contribution >= 0.6 is 0 Å². The summed E-state index contributed by atoms with van der Waals surface area (Å²) in [4.78, 5) is 27.4. The molecular formula is C22H25FN2O3. The highest BCUT2D eigenvalue weighted by Gasteiger charge is 2.40. The average molecular weight is 384 g/mol. The molecule has 1 N–H and O–H groups in total. The van der Waals surface area contributed by atoms with Crippen LogP contribution in [0.4, 0.5) is 4.39 Å². The van der Waals surface area contributed by atoms with E-state index in [9.17, 15) is 14.0 Å². The summed E-state index contributed by atoms with van der Waals surface area (Å²) in [7, 11) is 1.57. The quantitative estimate of drug-likeness (QED) is 0.861. The van der Waals surface area contributed by atoms with Crippen LogP contribution in [-0.2, 0) is 4.79 Å². The van der Waals surface area contributed by atoms with Crippen LogP contribution in [0.15, 0.2) is 48.5 Å². The molecule has 0 spiro atoms. The van der Waals surface area contributed by atoms with Crippen molar-refractivity contribution in [2.24, 2.45) is 5.92 Å². The molecule has 0 bridgehead atoms. The summed E-state index contributed by atoms with van der Waals surface area (Å²) in [6.07, 6.45) is 0. The minimum Gasteiger partial charge on any atom is -0.497 e. The molecule has 2 atom stereocenters. The van der Waals surface area contributed by atoms with E-state index >= 15 is 0 Å². The minimum absolute atomic E-state index is 0.00714. The van der Waals surface area contributed by atoms with E-state index in [2.05, 4.69) is 5.32 Å². The van der Waals surface area contributed by atoms with Crippen LogP contribution in [0.2, 0.25) is 0 Å². The Bertz CT molecular complexity index is 834. The number of amides is 2. The lowest BCUT2D eigenvalue weighted by Gasteiger charge is -2.19. The van der Waals surface area contributed by atoms with Crippen molar-refractivity contribution in [2.45, 2.75) is 25.8 Å². The van der Waals surface area contributed by atoms with Gasteiger partial charge in [0.05, 0.1) is 13.0 Å². The Hall–Kier alpha value is -2.89. The Morgan fingerprint density at radius 2 is 1.71 bits per heavy atom. The maximum absolute atomic E-state index is 13.3. The first-order valence-electron chi connectivity index (χ1n) is 9.38. The van der Waals surface area contributed by atoms with E-state index in [0.717, 1.165) is 5.56 Å². The van der Waals surface area contributed by atoms with Gasteiger partial charge in [0, 0.05) is 30.6 Å². The molecule has 0 aromatic heterocycles. The van der Waals surface area contributed by atoms with Crippen molar-refractivity contribution < 1.29 is 18.7 Å². The molecule has 2 amide bonds. The Morgan fingerprint density at radius 3 is 2.29 bits per heavy atom. The summed E-state index contributed by atoms with van der Waals surface area (Å²) < 4.78 is 18.5. The van der Waals surface area contributed by atoms with Gasteiger partial charge < -0.3 is 15.0 Å². The number of nitrogens with zero attached hydrogens (tertiary/aromatic N) is 1. The predicted molar refractivity (Wildman–Crippen MR) is 105 cm³/mol. The van der Waals surface area contributed by atoms with Gasteiger partial charge in [0.1, 0.15) is 11.6 Å². The van der Waals surface area contributed by atoms with E-state index in [0.29, 0.717) is 24.4 Å². The van der Waals surface area contributed by atoms with Crippen LogP contribution < -0.4 is 10.1 Å². The van der Waals surface area contributed by atoms with Crippen LogP contribution in [0, 0.1) is 11.7 Å². The predicted octanol–water partition coefficient (Wildman–Crippen LogP) is 3.21. The van der Waals surface area contributed by atoms with E-state index in [1.54, 1.807) is 48.4 Å². The number of ether oxygens (including phenoxy) is 1. The number of hydrogen-bond acceptors (Lipinski definition) is 3. The second-order valence-corrected chi connectivity index (χ2v) is 7.37. The summed E-state index contributed by atoms with van der Waals surface area (Å²) in [5.74, 6) is -0.423. The first kappa shape index (κ1) is 19.9. The fourth-order valence-electron chi connectivity index (χ4n) is 3.59. The van der Waals surface area contributed by atoms with E-state index < -0.39 is 0 Å². The van der Waals surface area contributed by atoms with Gasteiger partial charge in [-0.15, -0.1) is 0 Å². The van der Waals surface area contributed by atoms with Crippen molar-refractivity contribution in [3.05, 3.63) is 65.5 Å². The average Bonchev–Trinajstić information content (AvgIpc) is 3.13. The first-order chi connectivity index (χ1) is 13.4. The number of carbonyl (C=O) groups excluding carboxylic acids is 2. The molecule has 1 heterocycles. The van der Waals surface area contributed by atoms with Gasteiger partial charge in [-0.3, -0.25) is 9.59 Å². The molecule has 1 aliphatic heterocycles. The SMILES string of the molecule is COc1ccc(C(=O)N2CC(C(=O)NC(C)C)C(c3ccc(F)cc3)C2)cc1. The molecule has 1 aliphatic rings. The molecule has 3 rings (SSSR count). The largest absolute Gasteiger partial charge is 0.497 e. The maximum atomic E-state index is 13.3. The number of methoxy groups -OCH3 is 1. The van der Waals surface area contributed by atoms with Gasteiger partial charge in [-0.25, -0.2) is 4.39 Å². The highest BCUT2D eigenvalue weighted by molar-refractivity contribution is 5.95. The number of nitrogens with one attached hydrogen (secondary N) is 1. The Kier molecular flexibility index (Phi) is 5.97. The molecule has 28 heavy (non-hydrogen) atoms. The summed E-state index contributed by atoms with van der Waals surface area (Å²) in [6, 6.07) is 13.1. The number of benzene rings is 2. The second kappa shape index (κ2) is 8.42. The molecule has 2 unspecified atom stereocenters. The molecule has 1 saturated heterocycles. The van der Waals surface area contributed by atoms with E-state index in [4.69, 9.17) is 4.74 Å². The van der Waals surface area contributed by atoms with Gasteiger partial charge >= 0.3 is 0 Å². The summed E-state index contributed by atoms with van der Waals surface area (Å²) >= 11 is 0. The standard InChI is InChI=1S/C22H25FN2O3/c1-14(2)24-21(26)20-13-25(12-19(20)15-4-8-17(23)9-5-15)22(27)16-6-10-18(28-3)11-7-16/h4-11,14,19-20H,12-13H2,1-3H3,(H,24,26). The highest BCUT2D eigenvalue weighted by atomic mass is 19.1. The van der Waals surface area contributed by atoms with Crippen molar-refractivity contribution in [3.8, 4) is 5.75 Å². The van der Waals surface area contributed by atoms with Crippen LogP contribution in [-0.4, -0.2) is 43.0 Å². The third-order valence-corrected chi connectivity index (χ3v) is 5.01. The van der Waals surface area contributed by atoms with Crippen molar-refractivity contribution in [1.82, 2.24) is 10.2 Å². The molecule has 6 heteroatoms. The zero-order valence-electron chi connectivity index (χ0n) is 16.3. The van der Waals surface area contributed by atoms with E-state index in [-0.39, 0.29) is 35.5 Å². The topological polar surface area (TPSA) is 58.6 Å². The summed E-state index contributed by atoms with van der Waals surface area (Å²) in [5, 5.41) is 2.94. The highest BCUT2D eigenvalue weighted by Crippen LogP contribution is 2.34. The number of halogens is 1. The number of carbonyl (C=O) groups is 2. The Labute approximate surface area is 164 Å². The fraction of sp³-hybridized carbons (Fsp3) is 0.364. The van der Waals surface area contributed by atoms with Gasteiger partial charge in [-0.1, -0.05) is 12.1 Å². The van der Waals surface area contributed by atoms with Crippen LogP contribution in [0.5, 0.6) is 5.75 Å². The Balaban J connectivity index is 1.84. The molecular weight excluding hydrogens is 359 g/mol. The zero-order valence-corrected chi connectivity index (χ0v) is 16.3. The van der Waals surface area contributed by atoms with Gasteiger partial charge in [0.15, 0.2) is 0 Å².